The Labute approximate surface area is 183 Å². The Bertz CT molecular complexity index is 996. The van der Waals surface area contributed by atoms with Crippen molar-refractivity contribution in [2.24, 2.45) is 7.05 Å². The third-order valence-corrected chi connectivity index (χ3v) is 7.12. The Morgan fingerprint density at radius 1 is 1.03 bits per heavy atom. The van der Waals surface area contributed by atoms with Crippen LogP contribution in [0.4, 0.5) is 0 Å². The summed E-state index contributed by atoms with van der Waals surface area (Å²) in [7, 11) is 1.95. The fraction of sp³-hybridized carbons (Fsp3) is 0.565. The number of fused-ring (bicyclic) bond motifs is 1. The van der Waals surface area contributed by atoms with Gasteiger partial charge in [-0.3, -0.25) is 8.65 Å². The molecule has 3 aromatic rings. The molecule has 160 valence electrons. The van der Waals surface area contributed by atoms with E-state index in [-0.39, 0.29) is 0 Å². The molecule has 0 bridgehead atoms. The quantitative estimate of drug-likeness (QED) is 0.637. The van der Waals surface area contributed by atoms with Crippen LogP contribution in [0.15, 0.2) is 30.9 Å². The van der Waals surface area contributed by atoms with Crippen molar-refractivity contribution >= 4 is 23.8 Å². The van der Waals surface area contributed by atoms with Gasteiger partial charge in [-0.2, -0.15) is 5.10 Å². The number of ether oxygens (including phenoxy) is 1. The highest BCUT2D eigenvalue weighted by Crippen LogP contribution is 2.38. The van der Waals surface area contributed by atoms with Gasteiger partial charge in [0.05, 0.1) is 6.20 Å². The van der Waals surface area contributed by atoms with E-state index in [1.165, 1.54) is 62.6 Å². The number of aryl methyl sites for hydroxylation is 1. The van der Waals surface area contributed by atoms with Gasteiger partial charge in [-0.1, -0.05) is 12.8 Å². The third-order valence-electron chi connectivity index (χ3n) is 6.81. The molecular weight excluding hydrogens is 394 g/mol. The molecule has 30 heavy (non-hydrogen) atoms. The Kier molecular flexibility index (Phi) is 5.85. The van der Waals surface area contributed by atoms with Crippen LogP contribution in [0.25, 0.3) is 22.2 Å². The minimum atomic E-state index is 0.598. The van der Waals surface area contributed by atoms with E-state index in [0.717, 1.165) is 36.0 Å². The van der Waals surface area contributed by atoms with Crippen molar-refractivity contribution in [3.63, 3.8) is 0 Å². The lowest BCUT2D eigenvalue weighted by atomic mass is 9.81. The van der Waals surface area contributed by atoms with Gasteiger partial charge >= 0.3 is 0 Å². The van der Waals surface area contributed by atoms with Gasteiger partial charge in [0.2, 0.25) is 0 Å². The molecule has 1 aliphatic carbocycles. The lowest BCUT2D eigenvalue weighted by molar-refractivity contribution is 0.0630. The molecular formula is C23H31N5OS. The predicted molar refractivity (Wildman–Crippen MR) is 123 cm³/mol. The minimum absolute atomic E-state index is 0.598. The average molecular weight is 426 g/mol. The first-order valence-electron chi connectivity index (χ1n) is 11.2. The number of hydrogen-bond donors (Lipinski definition) is 1. The zero-order valence-corrected chi connectivity index (χ0v) is 18.6. The van der Waals surface area contributed by atoms with Crippen LogP contribution in [0.1, 0.15) is 50.0 Å². The Balaban J connectivity index is 1.33. The van der Waals surface area contributed by atoms with Gasteiger partial charge in [0.25, 0.3) is 0 Å². The van der Waals surface area contributed by atoms with Crippen molar-refractivity contribution in [1.82, 2.24) is 23.6 Å². The van der Waals surface area contributed by atoms with Crippen LogP contribution in [0, 0.1) is 0 Å². The maximum Gasteiger partial charge on any atom is 0.150 e. The highest BCUT2D eigenvalue weighted by molar-refractivity contribution is 7.78. The summed E-state index contributed by atoms with van der Waals surface area (Å²) in [6.45, 7) is 4.21. The van der Waals surface area contributed by atoms with Gasteiger partial charge in [0, 0.05) is 74.5 Å². The molecule has 0 aromatic carbocycles. The molecule has 0 atom stereocenters. The lowest BCUT2D eigenvalue weighted by Gasteiger charge is -2.38. The highest BCUT2D eigenvalue weighted by Gasteiger charge is 2.27. The number of thiol groups is 1. The monoisotopic (exact) mass is 425 g/mol. The van der Waals surface area contributed by atoms with Gasteiger partial charge < -0.3 is 9.64 Å². The molecule has 4 heterocycles. The smallest absolute Gasteiger partial charge is 0.150 e. The molecule has 0 N–H and O–H groups in total. The van der Waals surface area contributed by atoms with Gasteiger partial charge in [-0.15, -0.1) is 0 Å². The molecule has 6 nitrogen and oxygen atoms in total. The number of hydrogen-bond acceptors (Lipinski definition) is 5. The predicted octanol–water partition coefficient (Wildman–Crippen LogP) is 4.27. The van der Waals surface area contributed by atoms with Crippen LogP contribution in [-0.2, 0) is 11.8 Å². The van der Waals surface area contributed by atoms with E-state index in [0.29, 0.717) is 5.92 Å². The van der Waals surface area contributed by atoms with Crippen molar-refractivity contribution in [1.29, 1.82) is 0 Å². The molecule has 0 radical (unpaired) electrons. The van der Waals surface area contributed by atoms with Crippen LogP contribution in [0.3, 0.4) is 0 Å². The van der Waals surface area contributed by atoms with Gasteiger partial charge in [-0.05, 0) is 56.1 Å². The summed E-state index contributed by atoms with van der Waals surface area (Å²) >= 11 is 4.59. The van der Waals surface area contributed by atoms with Crippen molar-refractivity contribution in [3.8, 4) is 11.1 Å². The number of nitrogens with zero attached hydrogens (tertiary/aromatic N) is 5. The van der Waals surface area contributed by atoms with Gasteiger partial charge in [0.1, 0.15) is 5.65 Å². The second-order valence-corrected chi connectivity index (χ2v) is 9.22. The molecule has 7 heteroatoms. The van der Waals surface area contributed by atoms with E-state index in [9.17, 15) is 0 Å². The molecule has 0 amide bonds. The van der Waals surface area contributed by atoms with Gasteiger partial charge in [-0.25, -0.2) is 4.98 Å². The first-order chi connectivity index (χ1) is 14.7. The molecule has 0 unspecified atom stereocenters. The molecule has 0 spiro atoms. The normalized spacial score (nSPS) is 24.1. The van der Waals surface area contributed by atoms with Crippen LogP contribution >= 0.6 is 12.8 Å². The Hall–Kier alpha value is -1.83. The van der Waals surface area contributed by atoms with E-state index in [4.69, 9.17) is 9.72 Å². The summed E-state index contributed by atoms with van der Waals surface area (Å²) in [6, 6.07) is 3.08. The maximum atomic E-state index is 5.62. The van der Waals surface area contributed by atoms with Crippen LogP contribution in [0.2, 0.25) is 0 Å². The topological polar surface area (TPSA) is 48.1 Å². The zero-order chi connectivity index (χ0) is 20.5. The van der Waals surface area contributed by atoms with Crippen molar-refractivity contribution in [2.75, 3.05) is 26.3 Å². The molecule has 3 aromatic heterocycles. The minimum Gasteiger partial charge on any atom is -0.381 e. The summed E-state index contributed by atoms with van der Waals surface area (Å²) in [6.07, 6.45) is 15.5. The van der Waals surface area contributed by atoms with Crippen molar-refractivity contribution < 1.29 is 4.74 Å². The first-order valence-corrected chi connectivity index (χ1v) is 11.6. The SMILES string of the molecule is Cn1cc(-c2cn(S)c3ncc([C@H]4CC[C@H](N5CCCOCCC5)CC4)cc23)cn1. The number of rotatable bonds is 3. The molecule has 2 fully saturated rings. The standard InChI is InChI=1S/C23H31N5OS/c1-26-15-19(14-25-26)22-16-28(30)23-21(22)12-18(13-24-23)17-4-6-20(7-5-17)27-8-2-10-29-11-3-9-27/h12-17,20,30H,2-11H2,1H3/t17-,20-. The van der Waals surface area contributed by atoms with Crippen LogP contribution in [-0.4, -0.2) is 56.0 Å². The van der Waals surface area contributed by atoms with E-state index in [1.807, 2.05) is 28.1 Å². The summed E-state index contributed by atoms with van der Waals surface area (Å²) in [5, 5.41) is 5.50. The van der Waals surface area contributed by atoms with Crippen LogP contribution < -0.4 is 0 Å². The molecule has 1 aliphatic heterocycles. The van der Waals surface area contributed by atoms with Crippen LogP contribution in [0.5, 0.6) is 0 Å². The molecule has 1 saturated carbocycles. The Morgan fingerprint density at radius 3 is 2.50 bits per heavy atom. The number of aromatic nitrogens is 4. The second kappa shape index (κ2) is 8.73. The van der Waals surface area contributed by atoms with Crippen molar-refractivity contribution in [3.05, 3.63) is 36.4 Å². The summed E-state index contributed by atoms with van der Waals surface area (Å²) in [5.41, 5.74) is 4.54. The summed E-state index contributed by atoms with van der Waals surface area (Å²) in [5.74, 6) is 0.598. The summed E-state index contributed by atoms with van der Waals surface area (Å²) < 4.78 is 9.28. The highest BCUT2D eigenvalue weighted by atomic mass is 32.1. The summed E-state index contributed by atoms with van der Waals surface area (Å²) in [4.78, 5) is 7.50. The average Bonchev–Trinajstić information content (AvgIpc) is 3.31. The Morgan fingerprint density at radius 2 is 1.80 bits per heavy atom. The third kappa shape index (κ3) is 4.03. The fourth-order valence-corrected chi connectivity index (χ4v) is 5.49. The number of pyridine rings is 1. The lowest BCUT2D eigenvalue weighted by Crippen LogP contribution is -2.40. The molecule has 5 rings (SSSR count). The largest absolute Gasteiger partial charge is 0.381 e. The van der Waals surface area contributed by atoms with E-state index in [2.05, 4.69) is 41.3 Å². The van der Waals surface area contributed by atoms with Gasteiger partial charge in [0.15, 0.2) is 0 Å². The van der Waals surface area contributed by atoms with E-state index in [1.54, 1.807) is 0 Å². The molecule has 2 aliphatic rings. The zero-order valence-electron chi connectivity index (χ0n) is 17.7. The molecule has 1 saturated heterocycles. The fourth-order valence-electron chi connectivity index (χ4n) is 5.21. The van der Waals surface area contributed by atoms with E-state index < -0.39 is 0 Å². The van der Waals surface area contributed by atoms with Crippen molar-refractivity contribution in [2.45, 2.75) is 50.5 Å². The second-order valence-electron chi connectivity index (χ2n) is 8.79. The van der Waals surface area contributed by atoms with E-state index >= 15 is 0 Å². The first kappa shape index (κ1) is 20.1. The maximum absolute atomic E-state index is 5.62.